The molecule has 0 radical (unpaired) electrons. The number of anilines is 1. The first-order valence-electron chi connectivity index (χ1n) is 10.1. The predicted octanol–water partition coefficient (Wildman–Crippen LogP) is 4.07. The standard InChI is InChI=1S/C21H20F6N2O5S/c1-13-8-17(35(31,32)29-4-6-33-7-5-29)2-3-18(13)34-12-19(30)28-16-10-14(20(22,23)24)9-15(11-16)21(25,26)27/h2-3,8-11H,4-7,12H2,1H3,(H,28,30). The number of amides is 1. The van der Waals surface area contributed by atoms with Gasteiger partial charge in [-0.25, -0.2) is 8.42 Å². The second-order valence-electron chi connectivity index (χ2n) is 7.58. The van der Waals surface area contributed by atoms with Gasteiger partial charge < -0.3 is 14.8 Å². The molecule has 1 heterocycles. The van der Waals surface area contributed by atoms with Crippen LogP contribution in [0.3, 0.4) is 0 Å². The molecule has 2 aromatic rings. The maximum atomic E-state index is 13.0. The molecule has 1 fully saturated rings. The maximum absolute atomic E-state index is 13.0. The molecule has 192 valence electrons. The quantitative estimate of drug-likeness (QED) is 0.574. The molecule has 0 aromatic heterocycles. The molecule has 0 spiro atoms. The molecule has 0 bridgehead atoms. The summed E-state index contributed by atoms with van der Waals surface area (Å²) in [6, 6.07) is 4.62. The molecule has 35 heavy (non-hydrogen) atoms. The molecule has 3 rings (SSSR count). The van der Waals surface area contributed by atoms with E-state index in [-0.39, 0.29) is 43.0 Å². The highest BCUT2D eigenvalue weighted by Gasteiger charge is 2.37. The Morgan fingerprint density at radius 3 is 2.09 bits per heavy atom. The Hall–Kier alpha value is -2.84. The SMILES string of the molecule is Cc1cc(S(=O)(=O)N2CCOCC2)ccc1OCC(=O)Nc1cc(C(F)(F)F)cc(C(F)(F)F)c1. The highest BCUT2D eigenvalue weighted by Crippen LogP contribution is 2.37. The molecule has 0 aliphatic carbocycles. The minimum absolute atomic E-state index is 0.00246. The van der Waals surface area contributed by atoms with Gasteiger partial charge in [-0.1, -0.05) is 0 Å². The van der Waals surface area contributed by atoms with Gasteiger partial charge in [0.25, 0.3) is 5.91 Å². The Kier molecular flexibility index (Phi) is 7.67. The second-order valence-corrected chi connectivity index (χ2v) is 9.51. The van der Waals surface area contributed by atoms with Gasteiger partial charge in [-0.15, -0.1) is 0 Å². The minimum Gasteiger partial charge on any atom is -0.483 e. The lowest BCUT2D eigenvalue weighted by atomic mass is 10.1. The number of nitrogens with zero attached hydrogens (tertiary/aromatic N) is 1. The van der Waals surface area contributed by atoms with E-state index in [1.165, 1.54) is 29.4 Å². The largest absolute Gasteiger partial charge is 0.483 e. The second kappa shape index (κ2) is 10.0. The lowest BCUT2D eigenvalue weighted by Gasteiger charge is -2.26. The first kappa shape index (κ1) is 26.8. The van der Waals surface area contributed by atoms with Crippen LogP contribution < -0.4 is 10.1 Å². The number of carbonyl (C=O) groups is 1. The van der Waals surface area contributed by atoms with Crippen LogP contribution in [0.1, 0.15) is 16.7 Å². The molecular formula is C21H20F6N2O5S. The highest BCUT2D eigenvalue weighted by atomic mass is 32.2. The number of morpholine rings is 1. The molecule has 0 saturated carbocycles. The fourth-order valence-electron chi connectivity index (χ4n) is 3.25. The number of carbonyl (C=O) groups excluding carboxylic acids is 1. The number of rotatable bonds is 6. The van der Waals surface area contributed by atoms with Crippen LogP contribution in [0.4, 0.5) is 32.0 Å². The van der Waals surface area contributed by atoms with Gasteiger partial charge in [-0.3, -0.25) is 4.79 Å². The first-order valence-corrected chi connectivity index (χ1v) is 11.5. The van der Waals surface area contributed by atoms with Crippen molar-refractivity contribution in [3.05, 3.63) is 53.1 Å². The van der Waals surface area contributed by atoms with Gasteiger partial charge in [0, 0.05) is 18.8 Å². The predicted molar refractivity (Wildman–Crippen MR) is 111 cm³/mol. The van der Waals surface area contributed by atoms with Crippen molar-refractivity contribution in [3.8, 4) is 5.75 Å². The third-order valence-electron chi connectivity index (χ3n) is 4.98. The van der Waals surface area contributed by atoms with E-state index in [4.69, 9.17) is 9.47 Å². The lowest BCUT2D eigenvalue weighted by Crippen LogP contribution is -2.40. The Morgan fingerprint density at radius 2 is 1.57 bits per heavy atom. The third-order valence-corrected chi connectivity index (χ3v) is 6.88. The van der Waals surface area contributed by atoms with Gasteiger partial charge in [-0.05, 0) is 48.9 Å². The van der Waals surface area contributed by atoms with Gasteiger partial charge >= 0.3 is 12.4 Å². The van der Waals surface area contributed by atoms with Crippen LogP contribution in [0.5, 0.6) is 5.75 Å². The Bertz CT molecular complexity index is 1160. The molecule has 7 nitrogen and oxygen atoms in total. The van der Waals surface area contributed by atoms with E-state index in [0.29, 0.717) is 17.7 Å². The fourth-order valence-corrected chi connectivity index (χ4v) is 4.74. The number of aryl methyl sites for hydroxylation is 1. The molecule has 1 aliphatic heterocycles. The smallest absolute Gasteiger partial charge is 0.416 e. The first-order chi connectivity index (χ1) is 16.2. The van der Waals surface area contributed by atoms with Crippen molar-refractivity contribution in [2.24, 2.45) is 0 Å². The minimum atomic E-state index is -5.06. The van der Waals surface area contributed by atoms with E-state index in [1.807, 2.05) is 5.32 Å². The molecule has 2 aromatic carbocycles. The third kappa shape index (κ3) is 6.64. The van der Waals surface area contributed by atoms with Crippen LogP contribution >= 0.6 is 0 Å². The fraction of sp³-hybridized carbons (Fsp3) is 0.381. The molecule has 1 N–H and O–H groups in total. The van der Waals surface area contributed by atoms with Gasteiger partial charge in [0.15, 0.2) is 6.61 Å². The van der Waals surface area contributed by atoms with Crippen LogP contribution in [0.25, 0.3) is 0 Å². The number of ether oxygens (including phenoxy) is 2. The highest BCUT2D eigenvalue weighted by molar-refractivity contribution is 7.89. The summed E-state index contributed by atoms with van der Waals surface area (Å²) >= 11 is 0. The van der Waals surface area contributed by atoms with Gasteiger partial charge in [0.2, 0.25) is 10.0 Å². The number of hydrogen-bond donors (Lipinski definition) is 1. The monoisotopic (exact) mass is 526 g/mol. The maximum Gasteiger partial charge on any atom is 0.416 e. The summed E-state index contributed by atoms with van der Waals surface area (Å²) < 4.78 is 115. The van der Waals surface area contributed by atoms with Gasteiger partial charge in [0.05, 0.1) is 29.2 Å². The number of nitrogens with one attached hydrogen (secondary N) is 1. The molecule has 1 amide bonds. The Balaban J connectivity index is 1.70. The van der Waals surface area contributed by atoms with Crippen molar-refractivity contribution in [1.29, 1.82) is 0 Å². The van der Waals surface area contributed by atoms with Crippen LogP contribution in [0.15, 0.2) is 41.3 Å². The number of alkyl halides is 6. The van der Waals surface area contributed by atoms with E-state index < -0.39 is 51.7 Å². The zero-order valence-corrected chi connectivity index (χ0v) is 19.0. The topological polar surface area (TPSA) is 84.9 Å². The summed E-state index contributed by atoms with van der Waals surface area (Å²) in [5.41, 5.74) is -3.50. The van der Waals surface area contributed by atoms with E-state index in [9.17, 15) is 39.6 Å². The average Bonchev–Trinajstić information content (AvgIpc) is 2.77. The van der Waals surface area contributed by atoms with Crippen molar-refractivity contribution >= 4 is 21.6 Å². The van der Waals surface area contributed by atoms with E-state index in [2.05, 4.69) is 0 Å². The summed E-state index contributed by atoms with van der Waals surface area (Å²) in [5, 5.41) is 1.96. The zero-order valence-electron chi connectivity index (χ0n) is 18.2. The van der Waals surface area contributed by atoms with Crippen LogP contribution in [-0.4, -0.2) is 51.5 Å². The average molecular weight is 526 g/mol. The van der Waals surface area contributed by atoms with Crippen molar-refractivity contribution < 1.29 is 49.0 Å². The van der Waals surface area contributed by atoms with Gasteiger partial charge in [0.1, 0.15) is 5.75 Å². The summed E-state index contributed by atoms with van der Waals surface area (Å²) in [4.78, 5) is 12.1. The van der Waals surface area contributed by atoms with Crippen molar-refractivity contribution in [2.75, 3.05) is 38.2 Å². The Morgan fingerprint density at radius 1 is 1.00 bits per heavy atom. The lowest BCUT2D eigenvalue weighted by molar-refractivity contribution is -0.143. The van der Waals surface area contributed by atoms with Crippen LogP contribution in [-0.2, 0) is 31.9 Å². The summed E-state index contributed by atoms with van der Waals surface area (Å²) in [6.07, 6.45) is -10.1. The Labute approximate surface area is 196 Å². The molecular weight excluding hydrogens is 506 g/mol. The van der Waals surface area contributed by atoms with E-state index in [1.54, 1.807) is 0 Å². The van der Waals surface area contributed by atoms with E-state index in [0.717, 1.165) is 0 Å². The number of hydrogen-bond acceptors (Lipinski definition) is 5. The molecule has 0 atom stereocenters. The molecule has 1 aliphatic rings. The molecule has 0 unspecified atom stereocenters. The summed E-state index contributed by atoms with van der Waals surface area (Å²) in [7, 11) is -3.77. The number of halogens is 6. The summed E-state index contributed by atoms with van der Waals surface area (Å²) in [6.45, 7) is 1.72. The van der Waals surface area contributed by atoms with Gasteiger partial charge in [-0.2, -0.15) is 30.6 Å². The summed E-state index contributed by atoms with van der Waals surface area (Å²) in [5.74, 6) is -0.900. The van der Waals surface area contributed by atoms with Crippen LogP contribution in [0.2, 0.25) is 0 Å². The molecule has 1 saturated heterocycles. The van der Waals surface area contributed by atoms with Crippen molar-refractivity contribution in [3.63, 3.8) is 0 Å². The normalized spacial score (nSPS) is 15.6. The van der Waals surface area contributed by atoms with Crippen LogP contribution in [0, 0.1) is 6.92 Å². The number of benzene rings is 2. The van der Waals surface area contributed by atoms with E-state index >= 15 is 0 Å². The van der Waals surface area contributed by atoms with Crippen molar-refractivity contribution in [2.45, 2.75) is 24.2 Å². The molecule has 14 heteroatoms. The van der Waals surface area contributed by atoms with Crippen molar-refractivity contribution in [1.82, 2.24) is 4.31 Å². The zero-order chi connectivity index (χ0) is 26.0. The number of sulfonamides is 1.